The first-order valence-electron chi connectivity index (χ1n) is 7.56. The minimum Gasteiger partial charge on any atom is -0.460 e. The van der Waals surface area contributed by atoms with E-state index in [1.807, 2.05) is 45.0 Å². The number of benzene rings is 1. The van der Waals surface area contributed by atoms with Gasteiger partial charge < -0.3 is 4.42 Å². The Morgan fingerprint density at radius 3 is 2.48 bits per heavy atom. The van der Waals surface area contributed by atoms with Gasteiger partial charge in [-0.05, 0) is 38.1 Å². The summed E-state index contributed by atoms with van der Waals surface area (Å²) in [6, 6.07) is 12.8. The summed E-state index contributed by atoms with van der Waals surface area (Å²) in [5.41, 5.74) is 0.686. The summed E-state index contributed by atoms with van der Waals surface area (Å²) >= 11 is 0. The molecular formula is C16H24N3O3P. The number of hydrogen-bond acceptors (Lipinski definition) is 4. The molecular weight excluding hydrogens is 313 g/mol. The number of nitrogens with one attached hydrogen (secondary N) is 2. The zero-order chi connectivity index (χ0) is 17.1. The Morgan fingerprint density at radius 1 is 1.22 bits per heavy atom. The van der Waals surface area contributed by atoms with Crippen LogP contribution in [0, 0.1) is 6.92 Å². The number of rotatable bonds is 7. The van der Waals surface area contributed by atoms with Crippen LogP contribution in [0.25, 0.3) is 0 Å². The van der Waals surface area contributed by atoms with Gasteiger partial charge in [0.15, 0.2) is 0 Å². The van der Waals surface area contributed by atoms with Gasteiger partial charge in [-0.1, -0.05) is 32.0 Å². The lowest BCUT2D eigenvalue weighted by Crippen LogP contribution is -2.13. The number of para-hydroxylation sites is 1. The first-order valence-corrected chi connectivity index (χ1v) is 9.18. The Hall–Kier alpha value is -2.04. The molecule has 2 aromatic rings. The van der Waals surface area contributed by atoms with Gasteiger partial charge in [-0.3, -0.25) is 9.61 Å². The molecule has 7 heteroatoms. The number of aryl methyl sites for hydroxylation is 1. The van der Waals surface area contributed by atoms with Gasteiger partial charge in [0.2, 0.25) is 0 Å². The first kappa shape index (κ1) is 19.0. The number of hydrazone groups is 1. The van der Waals surface area contributed by atoms with Crippen molar-refractivity contribution in [1.82, 2.24) is 5.20 Å². The maximum atomic E-state index is 12.6. The van der Waals surface area contributed by atoms with E-state index in [1.165, 1.54) is 6.21 Å². The van der Waals surface area contributed by atoms with Crippen LogP contribution in [-0.2, 0) is 9.09 Å². The van der Waals surface area contributed by atoms with Crippen LogP contribution in [0.3, 0.4) is 0 Å². The molecule has 0 amide bonds. The summed E-state index contributed by atoms with van der Waals surface area (Å²) in [4.78, 5) is 0. The van der Waals surface area contributed by atoms with Gasteiger partial charge in [-0.2, -0.15) is 5.10 Å². The van der Waals surface area contributed by atoms with Gasteiger partial charge >= 0.3 is 7.67 Å². The molecule has 1 aromatic carbocycles. The minimum atomic E-state index is -3.31. The lowest BCUT2D eigenvalue weighted by Gasteiger charge is -2.18. The molecule has 1 unspecified atom stereocenters. The predicted octanol–water partition coefficient (Wildman–Crippen LogP) is 4.79. The molecule has 1 atom stereocenters. The predicted molar refractivity (Wildman–Crippen MR) is 94.8 cm³/mol. The second-order valence-corrected chi connectivity index (χ2v) is 6.04. The third kappa shape index (κ3) is 6.72. The monoisotopic (exact) mass is 337 g/mol. The largest absolute Gasteiger partial charge is 0.460 e. The van der Waals surface area contributed by atoms with Crippen molar-refractivity contribution in [1.29, 1.82) is 0 Å². The molecule has 0 saturated heterocycles. The lowest BCUT2D eigenvalue weighted by atomic mass is 10.3. The molecule has 6 nitrogen and oxygen atoms in total. The SMILES string of the molecule is CC.CCOP(=O)(N/N=C/c1ccc(C)o1)Nc1ccccc1. The van der Waals surface area contributed by atoms with Gasteiger partial charge in [0.05, 0.1) is 12.8 Å². The molecule has 0 aliphatic carbocycles. The van der Waals surface area contributed by atoms with Crippen LogP contribution in [0.2, 0.25) is 0 Å². The van der Waals surface area contributed by atoms with Crippen LogP contribution in [0.5, 0.6) is 0 Å². The van der Waals surface area contributed by atoms with E-state index >= 15 is 0 Å². The Morgan fingerprint density at radius 2 is 1.91 bits per heavy atom. The summed E-state index contributed by atoms with van der Waals surface area (Å²) in [6.45, 7) is 7.90. The van der Waals surface area contributed by atoms with Crippen LogP contribution in [0.1, 0.15) is 32.3 Å². The highest BCUT2D eigenvalue weighted by molar-refractivity contribution is 7.58. The van der Waals surface area contributed by atoms with Crippen molar-refractivity contribution in [2.45, 2.75) is 27.7 Å². The highest BCUT2D eigenvalue weighted by atomic mass is 31.2. The van der Waals surface area contributed by atoms with Gasteiger partial charge in [-0.15, -0.1) is 0 Å². The van der Waals surface area contributed by atoms with Crippen molar-refractivity contribution in [2.75, 3.05) is 11.7 Å². The summed E-state index contributed by atoms with van der Waals surface area (Å²) in [7, 11) is -3.31. The molecule has 0 saturated carbocycles. The summed E-state index contributed by atoms with van der Waals surface area (Å²) in [5.74, 6) is 1.36. The van der Waals surface area contributed by atoms with Crippen LogP contribution in [0.15, 0.2) is 52.0 Å². The third-order valence-corrected chi connectivity index (χ3v) is 4.06. The molecule has 0 fully saturated rings. The summed E-state index contributed by atoms with van der Waals surface area (Å²) < 4.78 is 23.2. The van der Waals surface area contributed by atoms with E-state index in [4.69, 9.17) is 8.94 Å². The fourth-order valence-electron chi connectivity index (χ4n) is 1.64. The quantitative estimate of drug-likeness (QED) is 0.431. The maximum Gasteiger partial charge on any atom is 0.407 e. The molecule has 1 heterocycles. The van der Waals surface area contributed by atoms with Crippen molar-refractivity contribution in [2.24, 2.45) is 5.10 Å². The fraction of sp³-hybridized carbons (Fsp3) is 0.312. The molecule has 1 aromatic heterocycles. The van der Waals surface area contributed by atoms with E-state index in [0.717, 1.165) is 5.76 Å². The highest BCUT2D eigenvalue weighted by Crippen LogP contribution is 2.42. The second-order valence-electron chi connectivity index (χ2n) is 4.25. The Labute approximate surface area is 137 Å². The van der Waals surface area contributed by atoms with Crippen molar-refractivity contribution < 1.29 is 13.5 Å². The zero-order valence-electron chi connectivity index (χ0n) is 13.9. The molecule has 2 N–H and O–H groups in total. The van der Waals surface area contributed by atoms with Gasteiger partial charge in [-0.25, -0.2) is 9.76 Å². The fourth-order valence-corrected chi connectivity index (χ4v) is 2.88. The standard InChI is InChI=1S/C14H18N3O3P.C2H6/c1-3-19-21(18,16-13-7-5-4-6-8-13)17-15-11-14-10-9-12(2)20-14;1-2/h4-11H,3H2,1-2H3,(H2,16,17,18);1-2H3/b15-11+;. The average molecular weight is 337 g/mol. The van der Waals surface area contributed by atoms with Gasteiger partial charge in [0.25, 0.3) is 0 Å². The van der Waals surface area contributed by atoms with Crippen LogP contribution < -0.4 is 10.3 Å². The molecule has 0 bridgehead atoms. The molecule has 0 spiro atoms. The van der Waals surface area contributed by atoms with Crippen molar-refractivity contribution in [3.05, 3.63) is 54.0 Å². The normalized spacial score (nSPS) is 13.0. The van der Waals surface area contributed by atoms with Crippen molar-refractivity contribution in [3.8, 4) is 0 Å². The topological polar surface area (TPSA) is 75.9 Å². The second kappa shape index (κ2) is 9.87. The van der Waals surface area contributed by atoms with Crippen LogP contribution >= 0.6 is 7.67 Å². The number of nitrogens with zero attached hydrogens (tertiary/aromatic N) is 1. The average Bonchev–Trinajstić information content (AvgIpc) is 2.96. The number of furan rings is 1. The van der Waals surface area contributed by atoms with Crippen molar-refractivity contribution in [3.63, 3.8) is 0 Å². The molecule has 23 heavy (non-hydrogen) atoms. The van der Waals surface area contributed by atoms with Crippen LogP contribution in [0.4, 0.5) is 5.69 Å². The Kier molecular flexibility index (Phi) is 8.16. The van der Waals surface area contributed by atoms with E-state index in [0.29, 0.717) is 18.1 Å². The molecule has 0 radical (unpaired) electrons. The van der Waals surface area contributed by atoms with Crippen molar-refractivity contribution >= 4 is 19.6 Å². The Bertz CT molecular complexity index is 641. The number of anilines is 1. The van der Waals surface area contributed by atoms with Gasteiger partial charge in [0.1, 0.15) is 11.5 Å². The molecule has 2 rings (SSSR count). The molecule has 0 aliphatic rings. The molecule has 126 valence electrons. The summed E-state index contributed by atoms with van der Waals surface area (Å²) in [6.07, 6.45) is 1.45. The third-order valence-electron chi connectivity index (χ3n) is 2.50. The van der Waals surface area contributed by atoms with E-state index < -0.39 is 7.67 Å². The van der Waals surface area contributed by atoms with Gasteiger partial charge in [0, 0.05) is 5.69 Å². The number of hydrogen-bond donors (Lipinski definition) is 2. The van der Waals surface area contributed by atoms with E-state index in [2.05, 4.69) is 15.4 Å². The van der Waals surface area contributed by atoms with Crippen LogP contribution in [-0.4, -0.2) is 12.8 Å². The Balaban J connectivity index is 0.00000127. The minimum absolute atomic E-state index is 0.291. The zero-order valence-corrected chi connectivity index (χ0v) is 14.8. The first-order chi connectivity index (χ1) is 11.1. The lowest BCUT2D eigenvalue weighted by molar-refractivity contribution is 0.329. The van der Waals surface area contributed by atoms with E-state index in [1.54, 1.807) is 25.1 Å². The summed E-state index contributed by atoms with van der Waals surface area (Å²) in [5, 5.41) is 9.28. The highest BCUT2D eigenvalue weighted by Gasteiger charge is 2.21. The van der Waals surface area contributed by atoms with E-state index in [-0.39, 0.29) is 0 Å². The van der Waals surface area contributed by atoms with E-state index in [9.17, 15) is 4.57 Å². The maximum absolute atomic E-state index is 12.6. The smallest absolute Gasteiger partial charge is 0.407 e. The molecule has 0 aliphatic heterocycles.